The summed E-state index contributed by atoms with van der Waals surface area (Å²) in [5.41, 5.74) is -1.24. The lowest BCUT2D eigenvalue weighted by Gasteiger charge is -2.10. The van der Waals surface area contributed by atoms with Crippen molar-refractivity contribution in [2.75, 3.05) is 5.32 Å². The molecule has 2 rings (SSSR count). The van der Waals surface area contributed by atoms with Gasteiger partial charge in [-0.3, -0.25) is 9.48 Å². The Morgan fingerprint density at radius 3 is 2.23 bits per heavy atom. The maximum atomic E-state index is 12.7. The number of hydrogen-bond acceptors (Lipinski definition) is 3. The molecule has 5 nitrogen and oxygen atoms in total. The van der Waals surface area contributed by atoms with E-state index in [9.17, 15) is 31.1 Å². The van der Waals surface area contributed by atoms with Crippen LogP contribution in [0.2, 0.25) is 5.02 Å². The van der Waals surface area contributed by atoms with Crippen LogP contribution in [0.1, 0.15) is 11.4 Å². The van der Waals surface area contributed by atoms with Crippen molar-refractivity contribution in [3.8, 4) is 5.75 Å². The molecule has 0 aliphatic rings. The predicted molar refractivity (Wildman–Crippen MR) is 78.7 cm³/mol. The smallest absolute Gasteiger partial charge is 0.406 e. The highest BCUT2D eigenvalue weighted by atomic mass is 35.5. The zero-order chi connectivity index (χ0) is 19.7. The van der Waals surface area contributed by atoms with Gasteiger partial charge in [-0.15, -0.1) is 13.2 Å². The van der Waals surface area contributed by atoms with Crippen LogP contribution in [0.3, 0.4) is 0 Å². The lowest BCUT2D eigenvalue weighted by atomic mass is 10.3. The Kier molecular flexibility index (Phi) is 5.40. The molecule has 2 aromatic rings. The molecule has 1 amide bonds. The monoisotopic (exact) mass is 401 g/mol. The first-order valence-electron chi connectivity index (χ1n) is 6.82. The number of aromatic nitrogens is 2. The maximum absolute atomic E-state index is 12.7. The molecule has 1 aromatic carbocycles. The number of carbonyl (C=O) groups is 1. The first-order valence-corrected chi connectivity index (χ1v) is 7.20. The summed E-state index contributed by atoms with van der Waals surface area (Å²) in [6.45, 7) is 0.698. The third-order valence-electron chi connectivity index (χ3n) is 3.07. The molecular formula is C14H10ClF6N3O2. The fraction of sp³-hybridized carbons (Fsp3) is 0.286. The summed E-state index contributed by atoms with van der Waals surface area (Å²) in [5, 5.41) is 4.97. The van der Waals surface area contributed by atoms with E-state index in [-0.39, 0.29) is 11.4 Å². The normalized spacial score (nSPS) is 12.2. The van der Waals surface area contributed by atoms with Gasteiger partial charge in [-0.2, -0.15) is 18.3 Å². The first kappa shape index (κ1) is 19.9. The van der Waals surface area contributed by atoms with Gasteiger partial charge in [0.2, 0.25) is 5.91 Å². The van der Waals surface area contributed by atoms with Crippen LogP contribution in [-0.4, -0.2) is 22.1 Å². The fourth-order valence-electron chi connectivity index (χ4n) is 1.94. The highest BCUT2D eigenvalue weighted by molar-refractivity contribution is 6.32. The summed E-state index contributed by atoms with van der Waals surface area (Å²) in [6, 6.07) is 4.23. The van der Waals surface area contributed by atoms with Crippen LogP contribution in [0.25, 0.3) is 0 Å². The van der Waals surface area contributed by atoms with Gasteiger partial charge >= 0.3 is 12.5 Å². The Bertz CT molecular complexity index is 799. The van der Waals surface area contributed by atoms with E-state index in [0.717, 1.165) is 28.9 Å². The Hall–Kier alpha value is -2.43. The number of alkyl halides is 6. The molecule has 142 valence electrons. The van der Waals surface area contributed by atoms with Crippen molar-refractivity contribution < 1.29 is 35.9 Å². The number of carbonyl (C=O) groups excluding carboxylic acids is 1. The minimum Gasteiger partial charge on any atom is -0.406 e. The summed E-state index contributed by atoms with van der Waals surface area (Å²) in [6.07, 6.45) is -9.62. The minimum absolute atomic E-state index is 0.0527. The lowest BCUT2D eigenvalue weighted by Crippen LogP contribution is -2.21. The number of nitrogens with zero attached hydrogens (tertiary/aromatic N) is 2. The summed E-state index contributed by atoms with van der Waals surface area (Å²) in [4.78, 5) is 11.9. The van der Waals surface area contributed by atoms with Crippen molar-refractivity contribution in [2.45, 2.75) is 26.0 Å². The number of ether oxygens (including phenoxy) is 1. The van der Waals surface area contributed by atoms with Crippen molar-refractivity contribution in [1.82, 2.24) is 9.78 Å². The van der Waals surface area contributed by atoms with E-state index >= 15 is 0 Å². The molecule has 26 heavy (non-hydrogen) atoms. The summed E-state index contributed by atoms with van der Waals surface area (Å²) in [5.74, 6) is -1.23. The van der Waals surface area contributed by atoms with Gasteiger partial charge in [0.15, 0.2) is 5.69 Å². The Labute approximate surface area is 147 Å². The van der Waals surface area contributed by atoms with Crippen molar-refractivity contribution >= 4 is 23.2 Å². The minimum atomic E-state index is -4.85. The van der Waals surface area contributed by atoms with E-state index in [1.807, 2.05) is 0 Å². The number of hydrogen-bond donors (Lipinski definition) is 1. The molecule has 0 spiro atoms. The van der Waals surface area contributed by atoms with Gasteiger partial charge in [0.25, 0.3) is 0 Å². The van der Waals surface area contributed by atoms with Crippen LogP contribution in [0.15, 0.2) is 24.3 Å². The number of halogens is 7. The van der Waals surface area contributed by atoms with Crippen LogP contribution in [-0.2, 0) is 17.5 Å². The highest BCUT2D eigenvalue weighted by Crippen LogP contribution is 2.35. The Balaban J connectivity index is 2.05. The molecule has 12 heteroatoms. The van der Waals surface area contributed by atoms with Crippen molar-refractivity contribution in [3.05, 3.63) is 40.7 Å². The molecule has 0 fully saturated rings. The van der Waals surface area contributed by atoms with E-state index in [1.165, 1.54) is 6.92 Å². The molecule has 0 bridgehead atoms. The average molecular weight is 402 g/mol. The molecule has 1 heterocycles. The zero-order valence-electron chi connectivity index (χ0n) is 12.9. The van der Waals surface area contributed by atoms with Gasteiger partial charge in [0, 0.05) is 5.69 Å². The Morgan fingerprint density at radius 1 is 1.19 bits per heavy atom. The van der Waals surface area contributed by atoms with Crippen molar-refractivity contribution in [1.29, 1.82) is 0 Å². The van der Waals surface area contributed by atoms with Crippen LogP contribution in [0, 0.1) is 6.92 Å². The fourth-order valence-corrected chi connectivity index (χ4v) is 2.18. The Morgan fingerprint density at radius 2 is 1.77 bits per heavy atom. The summed E-state index contributed by atoms with van der Waals surface area (Å²) >= 11 is 5.57. The molecule has 0 aliphatic heterocycles. The predicted octanol–water partition coefficient (Wildman–Crippen LogP) is 4.40. The summed E-state index contributed by atoms with van der Waals surface area (Å²) in [7, 11) is 0. The largest absolute Gasteiger partial charge is 0.573 e. The number of benzene rings is 1. The van der Waals surface area contributed by atoms with E-state index < -0.39 is 41.5 Å². The van der Waals surface area contributed by atoms with Gasteiger partial charge in [0.1, 0.15) is 12.3 Å². The number of nitrogens with one attached hydrogen (secondary N) is 1. The van der Waals surface area contributed by atoms with Crippen LogP contribution in [0.4, 0.5) is 32.0 Å². The van der Waals surface area contributed by atoms with Crippen molar-refractivity contribution in [2.24, 2.45) is 0 Å². The van der Waals surface area contributed by atoms with Gasteiger partial charge < -0.3 is 10.1 Å². The van der Waals surface area contributed by atoms with Crippen LogP contribution in [0.5, 0.6) is 5.75 Å². The van der Waals surface area contributed by atoms with Gasteiger partial charge in [-0.05, 0) is 31.2 Å². The average Bonchev–Trinajstić information content (AvgIpc) is 2.76. The standard InChI is InChI=1S/C14H10ClF6N3O2/c1-7-11(15)12(13(16,17)18)23-24(7)6-10(25)22-8-2-4-9(5-3-8)26-14(19,20)21/h2-5H,6H2,1H3,(H,22,25). The maximum Gasteiger partial charge on any atom is 0.573 e. The molecule has 0 unspecified atom stereocenters. The number of rotatable bonds is 4. The van der Waals surface area contributed by atoms with E-state index in [2.05, 4.69) is 15.2 Å². The molecule has 0 saturated carbocycles. The first-order chi connectivity index (χ1) is 11.9. The topological polar surface area (TPSA) is 56.2 Å². The lowest BCUT2D eigenvalue weighted by molar-refractivity contribution is -0.274. The molecule has 1 N–H and O–H groups in total. The molecule has 0 aliphatic carbocycles. The van der Waals surface area contributed by atoms with E-state index in [1.54, 1.807) is 0 Å². The van der Waals surface area contributed by atoms with Gasteiger partial charge in [0.05, 0.1) is 10.7 Å². The second-order valence-electron chi connectivity index (χ2n) is 5.02. The molecular weight excluding hydrogens is 392 g/mol. The summed E-state index contributed by atoms with van der Waals surface area (Å²) < 4.78 is 78.8. The third kappa shape index (κ3) is 5.04. The van der Waals surface area contributed by atoms with Crippen LogP contribution >= 0.6 is 11.6 Å². The second-order valence-corrected chi connectivity index (χ2v) is 5.40. The van der Waals surface area contributed by atoms with Gasteiger partial charge in [-0.1, -0.05) is 11.6 Å². The SMILES string of the molecule is Cc1c(Cl)c(C(F)(F)F)nn1CC(=O)Nc1ccc(OC(F)(F)F)cc1. The quantitative estimate of drug-likeness (QED) is 0.773. The van der Waals surface area contributed by atoms with Crippen molar-refractivity contribution in [3.63, 3.8) is 0 Å². The third-order valence-corrected chi connectivity index (χ3v) is 3.52. The molecule has 1 aromatic heterocycles. The highest BCUT2D eigenvalue weighted by Gasteiger charge is 2.38. The molecule has 0 saturated heterocycles. The van der Waals surface area contributed by atoms with Gasteiger partial charge in [-0.25, -0.2) is 0 Å². The second kappa shape index (κ2) is 7.06. The number of anilines is 1. The van der Waals surface area contributed by atoms with Crippen LogP contribution < -0.4 is 10.1 Å². The number of amides is 1. The van der Waals surface area contributed by atoms with E-state index in [0.29, 0.717) is 0 Å². The van der Waals surface area contributed by atoms with E-state index in [4.69, 9.17) is 11.6 Å². The molecule has 0 radical (unpaired) electrons. The molecule has 0 atom stereocenters. The zero-order valence-corrected chi connectivity index (χ0v) is 13.6.